The molecule has 0 aromatic carbocycles. The molecule has 2 heterocycles. The summed E-state index contributed by atoms with van der Waals surface area (Å²) in [5.41, 5.74) is 0.896. The second-order valence-corrected chi connectivity index (χ2v) is 3.55. The van der Waals surface area contributed by atoms with Gasteiger partial charge in [-0.3, -0.25) is 9.48 Å². The van der Waals surface area contributed by atoms with Crippen LogP contribution in [-0.4, -0.2) is 28.8 Å². The van der Waals surface area contributed by atoms with E-state index in [0.717, 1.165) is 18.8 Å². The van der Waals surface area contributed by atoms with E-state index in [-0.39, 0.29) is 11.8 Å². The number of aryl methyl sites for hydroxylation is 1. The number of rotatable bonds is 3. The predicted octanol–water partition coefficient (Wildman–Crippen LogP) is -0.744. The van der Waals surface area contributed by atoms with Crippen LogP contribution in [0, 0.1) is 5.92 Å². The van der Waals surface area contributed by atoms with Gasteiger partial charge >= 0.3 is 0 Å². The van der Waals surface area contributed by atoms with Crippen LogP contribution in [0.2, 0.25) is 0 Å². The fourth-order valence-corrected chi connectivity index (χ4v) is 1.35. The molecule has 1 aliphatic rings. The van der Waals surface area contributed by atoms with E-state index < -0.39 is 0 Å². The van der Waals surface area contributed by atoms with E-state index in [1.165, 1.54) is 0 Å². The lowest BCUT2D eigenvalue weighted by Crippen LogP contribution is -2.50. The van der Waals surface area contributed by atoms with Crippen LogP contribution < -0.4 is 10.6 Å². The summed E-state index contributed by atoms with van der Waals surface area (Å²) in [7, 11) is 1.86. The van der Waals surface area contributed by atoms with Crippen molar-refractivity contribution in [1.29, 1.82) is 0 Å². The third-order valence-electron chi connectivity index (χ3n) is 2.36. The molecule has 0 radical (unpaired) electrons. The molecule has 0 spiro atoms. The molecule has 2 rings (SSSR count). The predicted molar refractivity (Wildman–Crippen MR) is 51.4 cm³/mol. The first-order chi connectivity index (χ1) is 6.75. The number of nitrogens with zero attached hydrogens (tertiary/aromatic N) is 2. The van der Waals surface area contributed by atoms with E-state index in [1.807, 2.05) is 19.3 Å². The highest BCUT2D eigenvalue weighted by atomic mass is 16.2. The quantitative estimate of drug-likeness (QED) is 0.666. The molecular formula is C9H14N4O. The van der Waals surface area contributed by atoms with Gasteiger partial charge in [0.2, 0.25) is 5.91 Å². The number of carbonyl (C=O) groups excluding carboxylic acids is 1. The zero-order valence-corrected chi connectivity index (χ0v) is 8.16. The third kappa shape index (κ3) is 1.93. The molecule has 14 heavy (non-hydrogen) atoms. The number of hydrogen-bond donors (Lipinski definition) is 2. The first kappa shape index (κ1) is 9.21. The van der Waals surface area contributed by atoms with Crippen LogP contribution in [0.4, 0.5) is 0 Å². The van der Waals surface area contributed by atoms with E-state index >= 15 is 0 Å². The maximum absolute atomic E-state index is 11.4. The number of hydrogen-bond acceptors (Lipinski definition) is 3. The van der Waals surface area contributed by atoms with Crippen molar-refractivity contribution < 1.29 is 4.79 Å². The number of carbonyl (C=O) groups is 1. The highest BCUT2D eigenvalue weighted by Crippen LogP contribution is 2.02. The van der Waals surface area contributed by atoms with Gasteiger partial charge in [0.25, 0.3) is 0 Å². The summed E-state index contributed by atoms with van der Waals surface area (Å²) in [6, 6.07) is 1.90. The van der Waals surface area contributed by atoms with Gasteiger partial charge in [0.15, 0.2) is 0 Å². The number of aromatic nitrogens is 2. The van der Waals surface area contributed by atoms with Gasteiger partial charge in [0, 0.05) is 26.3 Å². The monoisotopic (exact) mass is 194 g/mol. The molecular weight excluding hydrogens is 180 g/mol. The van der Waals surface area contributed by atoms with Crippen LogP contribution in [0.3, 0.4) is 0 Å². The lowest BCUT2D eigenvalue weighted by Gasteiger charge is -2.25. The Kier molecular flexibility index (Phi) is 2.49. The number of amides is 1. The molecule has 1 aliphatic heterocycles. The van der Waals surface area contributed by atoms with Gasteiger partial charge in [-0.25, -0.2) is 0 Å². The van der Waals surface area contributed by atoms with Crippen molar-refractivity contribution in [3.63, 3.8) is 0 Å². The van der Waals surface area contributed by atoms with Crippen molar-refractivity contribution in [2.75, 3.05) is 13.1 Å². The molecule has 1 amide bonds. The topological polar surface area (TPSA) is 59.0 Å². The summed E-state index contributed by atoms with van der Waals surface area (Å²) in [5, 5.41) is 10.1. The molecule has 0 saturated carbocycles. The largest absolute Gasteiger partial charge is 0.350 e. The molecule has 0 aliphatic carbocycles. The first-order valence-corrected chi connectivity index (χ1v) is 4.72. The highest BCUT2D eigenvalue weighted by molar-refractivity contribution is 5.79. The Bertz CT molecular complexity index is 329. The molecule has 5 nitrogen and oxygen atoms in total. The normalized spacial score (nSPS) is 16.4. The molecule has 0 unspecified atom stereocenters. The molecule has 0 bridgehead atoms. The van der Waals surface area contributed by atoms with E-state index in [0.29, 0.717) is 6.54 Å². The zero-order chi connectivity index (χ0) is 9.97. The minimum atomic E-state index is 0.120. The average molecular weight is 194 g/mol. The standard InChI is InChI=1S/C9H14N4O/c1-13-3-2-8(12-13)6-11-9(14)7-4-10-5-7/h2-3,7,10H,4-6H2,1H3,(H,11,14). The molecule has 5 heteroatoms. The minimum absolute atomic E-state index is 0.120. The van der Waals surface area contributed by atoms with Crippen LogP contribution in [0.15, 0.2) is 12.3 Å². The SMILES string of the molecule is Cn1ccc(CNC(=O)C2CNC2)n1. The molecule has 0 atom stereocenters. The Morgan fingerprint density at radius 2 is 2.57 bits per heavy atom. The van der Waals surface area contributed by atoms with Crippen molar-refractivity contribution in [3.05, 3.63) is 18.0 Å². The van der Waals surface area contributed by atoms with Crippen molar-refractivity contribution >= 4 is 5.91 Å². The Morgan fingerprint density at radius 1 is 1.79 bits per heavy atom. The van der Waals surface area contributed by atoms with Crippen molar-refractivity contribution in [2.45, 2.75) is 6.54 Å². The Morgan fingerprint density at radius 3 is 3.07 bits per heavy atom. The molecule has 1 aromatic heterocycles. The minimum Gasteiger partial charge on any atom is -0.350 e. The van der Waals surface area contributed by atoms with E-state index in [9.17, 15) is 4.79 Å². The molecule has 1 aromatic rings. The Hall–Kier alpha value is -1.36. The lowest BCUT2D eigenvalue weighted by atomic mass is 10.0. The van der Waals surface area contributed by atoms with Gasteiger partial charge in [-0.15, -0.1) is 0 Å². The van der Waals surface area contributed by atoms with Crippen molar-refractivity contribution in [2.24, 2.45) is 13.0 Å². The van der Waals surface area contributed by atoms with Gasteiger partial charge in [-0.05, 0) is 6.07 Å². The van der Waals surface area contributed by atoms with Gasteiger partial charge in [0.05, 0.1) is 18.2 Å². The fourth-order valence-electron chi connectivity index (χ4n) is 1.35. The van der Waals surface area contributed by atoms with E-state index in [2.05, 4.69) is 15.7 Å². The second-order valence-electron chi connectivity index (χ2n) is 3.55. The van der Waals surface area contributed by atoms with Crippen LogP contribution >= 0.6 is 0 Å². The van der Waals surface area contributed by atoms with Gasteiger partial charge < -0.3 is 10.6 Å². The summed E-state index contributed by atoms with van der Waals surface area (Å²) in [4.78, 5) is 11.4. The van der Waals surface area contributed by atoms with Crippen LogP contribution in [0.1, 0.15) is 5.69 Å². The van der Waals surface area contributed by atoms with Gasteiger partial charge in [-0.1, -0.05) is 0 Å². The Labute approximate surface area is 82.5 Å². The summed E-state index contributed by atoms with van der Waals surface area (Å²) >= 11 is 0. The summed E-state index contributed by atoms with van der Waals surface area (Å²) in [5.74, 6) is 0.271. The summed E-state index contributed by atoms with van der Waals surface area (Å²) in [6.45, 7) is 2.12. The maximum atomic E-state index is 11.4. The average Bonchev–Trinajstić information content (AvgIpc) is 2.45. The lowest BCUT2D eigenvalue weighted by molar-refractivity contribution is -0.126. The number of nitrogens with one attached hydrogen (secondary N) is 2. The van der Waals surface area contributed by atoms with Crippen molar-refractivity contribution in [3.8, 4) is 0 Å². The first-order valence-electron chi connectivity index (χ1n) is 4.72. The van der Waals surface area contributed by atoms with Gasteiger partial charge in [-0.2, -0.15) is 5.10 Å². The van der Waals surface area contributed by atoms with Gasteiger partial charge in [0.1, 0.15) is 0 Å². The van der Waals surface area contributed by atoms with E-state index in [1.54, 1.807) is 4.68 Å². The van der Waals surface area contributed by atoms with Crippen LogP contribution in [0.25, 0.3) is 0 Å². The van der Waals surface area contributed by atoms with Crippen LogP contribution in [0.5, 0.6) is 0 Å². The van der Waals surface area contributed by atoms with Crippen molar-refractivity contribution in [1.82, 2.24) is 20.4 Å². The summed E-state index contributed by atoms with van der Waals surface area (Å²) in [6.07, 6.45) is 1.87. The van der Waals surface area contributed by atoms with E-state index in [4.69, 9.17) is 0 Å². The molecule has 76 valence electrons. The molecule has 1 fully saturated rings. The maximum Gasteiger partial charge on any atom is 0.226 e. The molecule has 2 N–H and O–H groups in total. The van der Waals surface area contributed by atoms with Crippen LogP contribution in [-0.2, 0) is 18.4 Å². The smallest absolute Gasteiger partial charge is 0.226 e. The summed E-state index contributed by atoms with van der Waals surface area (Å²) < 4.78 is 1.73. The second kappa shape index (κ2) is 3.79. The zero-order valence-electron chi connectivity index (χ0n) is 8.16. The molecule has 1 saturated heterocycles. The fraction of sp³-hybridized carbons (Fsp3) is 0.556. The third-order valence-corrected chi connectivity index (χ3v) is 2.36. The highest BCUT2D eigenvalue weighted by Gasteiger charge is 2.24. The Balaban J connectivity index is 1.79.